The number of carbonyl (C=O) groups is 3. The Balaban J connectivity index is 1.97. The lowest BCUT2D eigenvalue weighted by atomic mass is 10.2. The molecule has 0 aliphatic heterocycles. The molecule has 0 spiro atoms. The molecule has 1 heterocycles. The zero-order chi connectivity index (χ0) is 18.6. The minimum absolute atomic E-state index is 0.214. The van der Waals surface area contributed by atoms with Crippen molar-refractivity contribution in [2.24, 2.45) is 0 Å². The summed E-state index contributed by atoms with van der Waals surface area (Å²) in [4.78, 5) is 33.7. The van der Waals surface area contributed by atoms with Gasteiger partial charge in [-0.15, -0.1) is 0 Å². The van der Waals surface area contributed by atoms with Crippen LogP contribution in [0.1, 0.15) is 6.42 Å². The van der Waals surface area contributed by atoms with E-state index in [-0.39, 0.29) is 6.54 Å². The highest BCUT2D eigenvalue weighted by molar-refractivity contribution is 6.04. The molecule has 1 aromatic carbocycles. The molecule has 10 heteroatoms. The monoisotopic (exact) mass is 357 g/mol. The van der Waals surface area contributed by atoms with Gasteiger partial charge in [-0.1, -0.05) is 0 Å². The summed E-state index contributed by atoms with van der Waals surface area (Å²) >= 11 is 0. The highest BCUT2D eigenvalue weighted by Gasteiger charge is 2.28. The average Bonchev–Trinajstić information content (AvgIpc) is 2.86. The van der Waals surface area contributed by atoms with Gasteiger partial charge >= 0.3 is 12.1 Å². The minimum atomic E-state index is -4.54. The number of benzene rings is 1. The molecule has 0 bridgehead atoms. The maximum atomic E-state index is 12.0. The van der Waals surface area contributed by atoms with Crippen molar-refractivity contribution >= 4 is 34.4 Å². The van der Waals surface area contributed by atoms with E-state index in [1.807, 2.05) is 0 Å². The molecule has 0 saturated carbocycles. The van der Waals surface area contributed by atoms with Crippen molar-refractivity contribution < 1.29 is 32.7 Å². The molecule has 0 unspecified atom stereocenters. The molecular formula is C15H14F3N3O4. The summed E-state index contributed by atoms with van der Waals surface area (Å²) in [5, 5.41) is 13.5. The van der Waals surface area contributed by atoms with Crippen LogP contribution in [0.25, 0.3) is 10.9 Å². The van der Waals surface area contributed by atoms with E-state index >= 15 is 0 Å². The van der Waals surface area contributed by atoms with Crippen molar-refractivity contribution in [3.05, 3.63) is 30.5 Å². The molecule has 0 aliphatic carbocycles. The lowest BCUT2D eigenvalue weighted by Crippen LogP contribution is -2.35. The number of carbonyl (C=O) groups excluding carboxylic acids is 2. The van der Waals surface area contributed by atoms with E-state index in [4.69, 9.17) is 5.11 Å². The second kappa shape index (κ2) is 7.24. The van der Waals surface area contributed by atoms with Crippen LogP contribution in [0.3, 0.4) is 0 Å². The van der Waals surface area contributed by atoms with Gasteiger partial charge in [-0.2, -0.15) is 13.2 Å². The number of alkyl halides is 3. The summed E-state index contributed by atoms with van der Waals surface area (Å²) in [6.45, 7) is -1.71. The van der Waals surface area contributed by atoms with Gasteiger partial charge in [-0.3, -0.25) is 14.4 Å². The summed E-state index contributed by atoms with van der Waals surface area (Å²) in [5.41, 5.74) is 0.984. The second-order valence-electron chi connectivity index (χ2n) is 5.23. The molecule has 3 N–H and O–H groups in total. The van der Waals surface area contributed by atoms with Crippen LogP contribution < -0.4 is 10.6 Å². The van der Waals surface area contributed by atoms with E-state index in [2.05, 4.69) is 5.32 Å². The first kappa shape index (κ1) is 18.3. The molecule has 7 nitrogen and oxygen atoms in total. The molecule has 0 atom stereocenters. The number of hydrogen-bond donors (Lipinski definition) is 3. The van der Waals surface area contributed by atoms with Crippen molar-refractivity contribution in [3.8, 4) is 0 Å². The fourth-order valence-electron chi connectivity index (χ4n) is 2.17. The van der Waals surface area contributed by atoms with Gasteiger partial charge in [-0.25, -0.2) is 0 Å². The number of nitrogens with one attached hydrogen (secondary N) is 2. The maximum Gasteiger partial charge on any atom is 0.405 e. The number of hydrogen-bond acceptors (Lipinski definition) is 3. The van der Waals surface area contributed by atoms with Crippen LogP contribution in [0, 0.1) is 0 Å². The molecule has 2 aromatic rings. The number of rotatable bonds is 6. The number of amides is 2. The molecule has 1 aromatic heterocycles. The van der Waals surface area contributed by atoms with E-state index in [0.29, 0.717) is 16.6 Å². The summed E-state index contributed by atoms with van der Waals surface area (Å²) in [5.74, 6) is -2.80. The van der Waals surface area contributed by atoms with E-state index in [1.165, 1.54) is 10.6 Å². The first-order valence-electron chi connectivity index (χ1n) is 7.08. The smallest absolute Gasteiger partial charge is 0.405 e. The summed E-state index contributed by atoms with van der Waals surface area (Å²) < 4.78 is 37.4. The number of nitrogens with zero attached hydrogens (tertiary/aromatic N) is 1. The number of fused-ring (bicyclic) bond motifs is 1. The minimum Gasteiger partial charge on any atom is -0.480 e. The van der Waals surface area contributed by atoms with Crippen molar-refractivity contribution in [2.75, 3.05) is 11.9 Å². The van der Waals surface area contributed by atoms with Crippen LogP contribution >= 0.6 is 0 Å². The third kappa shape index (κ3) is 5.52. The van der Waals surface area contributed by atoms with Crippen molar-refractivity contribution in [1.82, 2.24) is 9.88 Å². The van der Waals surface area contributed by atoms with Crippen LogP contribution in [-0.2, 0) is 20.9 Å². The number of anilines is 1. The third-order valence-corrected chi connectivity index (χ3v) is 3.17. The Morgan fingerprint density at radius 2 is 1.84 bits per heavy atom. The van der Waals surface area contributed by atoms with Crippen molar-refractivity contribution in [2.45, 2.75) is 19.1 Å². The lowest BCUT2D eigenvalue weighted by Gasteiger charge is -2.09. The van der Waals surface area contributed by atoms with Gasteiger partial charge in [0, 0.05) is 22.8 Å². The third-order valence-electron chi connectivity index (χ3n) is 3.17. The molecule has 0 fully saturated rings. The fourth-order valence-corrected chi connectivity index (χ4v) is 2.17. The van der Waals surface area contributed by atoms with Crippen LogP contribution in [0.2, 0.25) is 0 Å². The van der Waals surface area contributed by atoms with E-state index in [1.54, 1.807) is 29.7 Å². The first-order chi connectivity index (χ1) is 11.6. The molecule has 2 amide bonds. The van der Waals surface area contributed by atoms with Gasteiger partial charge in [0.2, 0.25) is 11.8 Å². The number of aromatic nitrogens is 1. The average molecular weight is 357 g/mol. The quantitative estimate of drug-likeness (QED) is 0.686. The maximum absolute atomic E-state index is 12.0. The van der Waals surface area contributed by atoms with E-state index in [9.17, 15) is 27.6 Å². The van der Waals surface area contributed by atoms with Crippen LogP contribution in [0.4, 0.5) is 18.9 Å². The Hall–Kier alpha value is -3.04. The standard InChI is InChI=1S/C15H14F3N3O4/c16-15(17,18)8-19-12(22)6-13(23)20-10-1-2-11-9(5-10)3-4-21(11)7-14(24)25/h1-5H,6-8H2,(H,19,22)(H,20,23)(H,24,25). The van der Waals surface area contributed by atoms with Crippen LogP contribution in [-0.4, -0.2) is 40.2 Å². The van der Waals surface area contributed by atoms with Crippen LogP contribution in [0.15, 0.2) is 30.5 Å². The van der Waals surface area contributed by atoms with Gasteiger partial charge < -0.3 is 20.3 Å². The predicted octanol–water partition coefficient (Wildman–Crippen LogP) is 1.73. The highest BCUT2D eigenvalue weighted by Crippen LogP contribution is 2.20. The SMILES string of the molecule is O=C(O)Cn1ccc2cc(NC(=O)CC(=O)NCC(F)(F)F)ccc21. The Labute approximate surface area is 139 Å². The van der Waals surface area contributed by atoms with Gasteiger partial charge in [0.25, 0.3) is 0 Å². The molecule has 0 radical (unpaired) electrons. The largest absolute Gasteiger partial charge is 0.480 e. The van der Waals surface area contributed by atoms with Gasteiger partial charge in [0.1, 0.15) is 19.5 Å². The fraction of sp³-hybridized carbons (Fsp3) is 0.267. The number of aliphatic carboxylic acids is 1. The molecule has 134 valence electrons. The molecular weight excluding hydrogens is 343 g/mol. The van der Waals surface area contributed by atoms with Crippen molar-refractivity contribution in [3.63, 3.8) is 0 Å². The highest BCUT2D eigenvalue weighted by atomic mass is 19.4. The van der Waals surface area contributed by atoms with E-state index < -0.39 is 36.9 Å². The Morgan fingerprint density at radius 1 is 1.12 bits per heavy atom. The topological polar surface area (TPSA) is 100 Å². The predicted molar refractivity (Wildman–Crippen MR) is 81.9 cm³/mol. The Bertz CT molecular complexity index is 814. The number of halogens is 3. The molecule has 25 heavy (non-hydrogen) atoms. The Morgan fingerprint density at radius 3 is 2.48 bits per heavy atom. The lowest BCUT2D eigenvalue weighted by molar-refractivity contribution is -0.140. The summed E-state index contributed by atoms with van der Waals surface area (Å²) in [6, 6.07) is 6.33. The van der Waals surface area contributed by atoms with Gasteiger partial charge in [0.05, 0.1) is 0 Å². The zero-order valence-corrected chi connectivity index (χ0v) is 12.8. The summed E-state index contributed by atoms with van der Waals surface area (Å²) in [6.07, 6.45) is -3.70. The van der Waals surface area contributed by atoms with Crippen molar-refractivity contribution in [1.29, 1.82) is 0 Å². The zero-order valence-electron chi connectivity index (χ0n) is 12.8. The normalized spacial score (nSPS) is 11.3. The number of carboxylic acid groups (broad SMARTS) is 1. The van der Waals surface area contributed by atoms with Gasteiger partial charge in [0.15, 0.2) is 0 Å². The van der Waals surface area contributed by atoms with E-state index in [0.717, 1.165) is 0 Å². The second-order valence-corrected chi connectivity index (χ2v) is 5.23. The number of carboxylic acids is 1. The molecule has 2 rings (SSSR count). The molecule has 0 aliphatic rings. The first-order valence-corrected chi connectivity index (χ1v) is 7.08. The molecule has 0 saturated heterocycles. The van der Waals surface area contributed by atoms with Crippen LogP contribution in [0.5, 0.6) is 0 Å². The Kier molecular flexibility index (Phi) is 5.30. The van der Waals surface area contributed by atoms with Gasteiger partial charge in [-0.05, 0) is 24.3 Å². The summed E-state index contributed by atoms with van der Waals surface area (Å²) in [7, 11) is 0.